The van der Waals surface area contributed by atoms with Gasteiger partial charge in [-0.3, -0.25) is 10.1 Å². The third kappa shape index (κ3) is 4.64. The van der Waals surface area contributed by atoms with Crippen molar-refractivity contribution in [3.63, 3.8) is 0 Å². The summed E-state index contributed by atoms with van der Waals surface area (Å²) in [6, 6.07) is 12.8. The van der Waals surface area contributed by atoms with Crippen molar-refractivity contribution in [2.24, 2.45) is 5.41 Å². The van der Waals surface area contributed by atoms with Gasteiger partial charge in [-0.05, 0) is 35.1 Å². The number of benzene rings is 1. The summed E-state index contributed by atoms with van der Waals surface area (Å²) in [7, 11) is 0. The van der Waals surface area contributed by atoms with Crippen LogP contribution in [-0.2, 0) is 4.74 Å². The Labute approximate surface area is 183 Å². The van der Waals surface area contributed by atoms with Crippen LogP contribution in [0.25, 0.3) is 16.9 Å². The van der Waals surface area contributed by atoms with Crippen molar-refractivity contribution < 1.29 is 14.3 Å². The average molecular weight is 435 g/mol. The Bertz CT molecular complexity index is 1240. The predicted octanol–water partition coefficient (Wildman–Crippen LogP) is 5.28. The molecular formula is C23H22N4O3S. The lowest BCUT2D eigenvalue weighted by atomic mass is 9.99. The van der Waals surface area contributed by atoms with Crippen LogP contribution >= 0.6 is 11.3 Å². The van der Waals surface area contributed by atoms with Gasteiger partial charge in [0.05, 0.1) is 28.9 Å². The highest BCUT2D eigenvalue weighted by Gasteiger charge is 2.19. The van der Waals surface area contributed by atoms with Gasteiger partial charge in [-0.15, -0.1) is 11.3 Å². The van der Waals surface area contributed by atoms with Gasteiger partial charge in [-0.25, -0.2) is 14.3 Å². The lowest BCUT2D eigenvalue weighted by molar-refractivity contribution is 0.104. The second kappa shape index (κ2) is 8.31. The van der Waals surface area contributed by atoms with Gasteiger partial charge in [0.25, 0.3) is 0 Å². The van der Waals surface area contributed by atoms with E-state index in [1.807, 2.05) is 56.5 Å². The number of nitrogens with one attached hydrogen (secondary N) is 1. The maximum Gasteiger partial charge on any atom is 0.411 e. The number of thiophene rings is 1. The molecule has 0 bridgehead atoms. The minimum absolute atomic E-state index is 0.105. The van der Waals surface area contributed by atoms with Gasteiger partial charge in [0.15, 0.2) is 5.65 Å². The normalized spacial score (nSPS) is 11.5. The van der Waals surface area contributed by atoms with Crippen molar-refractivity contribution >= 4 is 34.5 Å². The smallest absolute Gasteiger partial charge is 0.411 e. The number of carbonyl (C=O) groups is 2. The molecule has 7 nitrogen and oxygen atoms in total. The number of ether oxygens (including phenoxy) is 1. The molecule has 0 unspecified atom stereocenters. The molecule has 0 aliphatic carbocycles. The van der Waals surface area contributed by atoms with E-state index in [4.69, 9.17) is 4.74 Å². The first-order chi connectivity index (χ1) is 14.8. The fourth-order valence-electron chi connectivity index (χ4n) is 3.00. The Morgan fingerprint density at radius 2 is 2.00 bits per heavy atom. The molecule has 31 heavy (non-hydrogen) atoms. The van der Waals surface area contributed by atoms with Crippen LogP contribution in [0.2, 0.25) is 0 Å². The number of rotatable bonds is 5. The molecule has 0 spiro atoms. The number of carbonyl (C=O) groups excluding carboxylic acids is 2. The molecule has 4 rings (SSSR count). The molecule has 0 saturated carbocycles. The van der Waals surface area contributed by atoms with E-state index in [0.717, 1.165) is 11.3 Å². The van der Waals surface area contributed by atoms with Crippen molar-refractivity contribution in [2.45, 2.75) is 20.8 Å². The SMILES string of the molecule is CC(C)(C)COC(=O)Nc1cccc(-c2ccnc3c(C(=O)c4cccs4)cnn23)c1. The van der Waals surface area contributed by atoms with E-state index >= 15 is 0 Å². The largest absolute Gasteiger partial charge is 0.449 e. The van der Waals surface area contributed by atoms with Gasteiger partial charge in [-0.1, -0.05) is 39.0 Å². The molecule has 1 aromatic carbocycles. The summed E-state index contributed by atoms with van der Waals surface area (Å²) in [6.45, 7) is 6.31. The van der Waals surface area contributed by atoms with E-state index in [1.165, 1.54) is 11.3 Å². The van der Waals surface area contributed by atoms with Crippen molar-refractivity contribution in [1.29, 1.82) is 0 Å². The molecule has 1 amide bonds. The van der Waals surface area contributed by atoms with Crippen LogP contribution in [0, 0.1) is 5.41 Å². The standard InChI is InChI=1S/C23H22N4O3S/c1-23(2,3)14-30-22(29)26-16-7-4-6-15(12-16)18-9-10-24-21-17(13-25-27(18)21)20(28)19-8-5-11-31-19/h4-13H,14H2,1-3H3,(H,26,29). The molecule has 0 aliphatic heterocycles. The Morgan fingerprint density at radius 3 is 2.74 bits per heavy atom. The summed E-state index contributed by atoms with van der Waals surface area (Å²) < 4.78 is 6.91. The molecule has 8 heteroatoms. The fraction of sp³-hybridized carbons (Fsp3) is 0.217. The van der Waals surface area contributed by atoms with Crippen molar-refractivity contribution in [3.05, 3.63) is 70.7 Å². The Morgan fingerprint density at radius 1 is 1.16 bits per heavy atom. The number of anilines is 1. The molecule has 4 aromatic rings. The highest BCUT2D eigenvalue weighted by atomic mass is 32.1. The van der Waals surface area contributed by atoms with Gasteiger partial charge < -0.3 is 4.74 Å². The minimum atomic E-state index is -0.505. The number of fused-ring (bicyclic) bond motifs is 1. The molecule has 0 saturated heterocycles. The van der Waals surface area contributed by atoms with Crippen LogP contribution in [0.15, 0.2) is 60.2 Å². The number of aromatic nitrogens is 3. The first kappa shape index (κ1) is 20.7. The lowest BCUT2D eigenvalue weighted by Gasteiger charge is -2.18. The van der Waals surface area contributed by atoms with Crippen LogP contribution in [0.1, 0.15) is 36.0 Å². The van der Waals surface area contributed by atoms with Gasteiger partial charge in [0, 0.05) is 17.4 Å². The van der Waals surface area contributed by atoms with E-state index in [0.29, 0.717) is 28.4 Å². The zero-order chi connectivity index (χ0) is 22.0. The predicted molar refractivity (Wildman–Crippen MR) is 121 cm³/mol. The average Bonchev–Trinajstić information content (AvgIpc) is 3.41. The second-order valence-corrected chi connectivity index (χ2v) is 9.22. The maximum absolute atomic E-state index is 12.8. The van der Waals surface area contributed by atoms with E-state index in [2.05, 4.69) is 15.4 Å². The van der Waals surface area contributed by atoms with E-state index < -0.39 is 6.09 Å². The summed E-state index contributed by atoms with van der Waals surface area (Å²) in [5.74, 6) is -0.105. The monoisotopic (exact) mass is 434 g/mol. The first-order valence-electron chi connectivity index (χ1n) is 9.77. The maximum atomic E-state index is 12.8. The molecule has 1 N–H and O–H groups in total. The van der Waals surface area contributed by atoms with E-state index in [1.54, 1.807) is 29.0 Å². The summed E-state index contributed by atoms with van der Waals surface area (Å²) in [5.41, 5.74) is 2.99. The highest BCUT2D eigenvalue weighted by Crippen LogP contribution is 2.25. The second-order valence-electron chi connectivity index (χ2n) is 8.27. The number of amides is 1. The Hall–Kier alpha value is -3.52. The minimum Gasteiger partial charge on any atom is -0.449 e. The van der Waals surface area contributed by atoms with Crippen LogP contribution in [0.5, 0.6) is 0 Å². The summed E-state index contributed by atoms with van der Waals surface area (Å²) in [4.78, 5) is 29.9. The molecule has 0 fully saturated rings. The third-order valence-electron chi connectivity index (χ3n) is 4.43. The Kier molecular flexibility index (Phi) is 5.56. The number of hydrogen-bond acceptors (Lipinski definition) is 6. The van der Waals surface area contributed by atoms with Crippen LogP contribution < -0.4 is 5.32 Å². The van der Waals surface area contributed by atoms with Gasteiger partial charge >= 0.3 is 6.09 Å². The van der Waals surface area contributed by atoms with Crippen molar-refractivity contribution in [2.75, 3.05) is 11.9 Å². The zero-order valence-corrected chi connectivity index (χ0v) is 18.3. The lowest BCUT2D eigenvalue weighted by Crippen LogP contribution is -2.21. The summed E-state index contributed by atoms with van der Waals surface area (Å²) in [6.07, 6.45) is 2.68. The molecule has 3 heterocycles. The fourth-order valence-corrected chi connectivity index (χ4v) is 3.68. The van der Waals surface area contributed by atoms with E-state index in [-0.39, 0.29) is 11.2 Å². The van der Waals surface area contributed by atoms with Gasteiger partial charge in [0.2, 0.25) is 5.78 Å². The molecule has 0 atom stereocenters. The third-order valence-corrected chi connectivity index (χ3v) is 5.30. The Balaban J connectivity index is 1.62. The molecule has 158 valence electrons. The van der Waals surface area contributed by atoms with Crippen LogP contribution in [0.3, 0.4) is 0 Å². The van der Waals surface area contributed by atoms with E-state index in [9.17, 15) is 9.59 Å². The number of nitrogens with zero attached hydrogens (tertiary/aromatic N) is 3. The van der Waals surface area contributed by atoms with Gasteiger partial charge in [0.1, 0.15) is 0 Å². The van der Waals surface area contributed by atoms with Crippen LogP contribution in [-0.4, -0.2) is 33.1 Å². The van der Waals surface area contributed by atoms with Gasteiger partial charge in [-0.2, -0.15) is 5.10 Å². The summed E-state index contributed by atoms with van der Waals surface area (Å²) >= 11 is 1.38. The van der Waals surface area contributed by atoms with Crippen molar-refractivity contribution in [3.8, 4) is 11.3 Å². The molecule has 0 aliphatic rings. The van der Waals surface area contributed by atoms with Crippen molar-refractivity contribution in [1.82, 2.24) is 14.6 Å². The number of hydrogen-bond donors (Lipinski definition) is 1. The molecular weight excluding hydrogens is 412 g/mol. The topological polar surface area (TPSA) is 85.6 Å². The first-order valence-corrected chi connectivity index (χ1v) is 10.6. The quantitative estimate of drug-likeness (QED) is 0.432. The highest BCUT2D eigenvalue weighted by molar-refractivity contribution is 7.12. The zero-order valence-electron chi connectivity index (χ0n) is 17.5. The molecule has 3 aromatic heterocycles. The summed E-state index contributed by atoms with van der Waals surface area (Å²) in [5, 5.41) is 9.02. The van der Waals surface area contributed by atoms with Crippen LogP contribution in [0.4, 0.5) is 10.5 Å². The number of ketones is 1. The molecule has 0 radical (unpaired) electrons.